The summed E-state index contributed by atoms with van der Waals surface area (Å²) in [7, 11) is 14.9. The van der Waals surface area contributed by atoms with Crippen LogP contribution in [0.1, 0.15) is 23.5 Å². The number of allylic oxidation sites excluding steroid dienone is 2. The normalized spacial score (nSPS) is 16.1. The van der Waals surface area contributed by atoms with Gasteiger partial charge in [0.15, 0.2) is 0 Å². The fraction of sp³-hybridized carbons (Fsp3) is 0.167. The van der Waals surface area contributed by atoms with E-state index in [1.807, 2.05) is 6.08 Å². The van der Waals surface area contributed by atoms with Gasteiger partial charge in [-0.05, 0) is 6.42 Å². The Morgan fingerprint density at radius 2 is 1.94 bits per heavy atom. The van der Waals surface area contributed by atoms with Gasteiger partial charge < -0.3 is 0 Å². The molecular formula is C12H11Cl3Ti. The molecule has 0 aromatic heterocycles. The first kappa shape index (κ1) is 14.3. The van der Waals surface area contributed by atoms with Gasteiger partial charge in [-0.3, -0.25) is 6.08 Å². The predicted octanol–water partition coefficient (Wildman–Crippen LogP) is 5.24. The van der Waals surface area contributed by atoms with E-state index in [9.17, 15) is 0 Å². The Morgan fingerprint density at radius 1 is 1.31 bits per heavy atom. The van der Waals surface area contributed by atoms with Gasteiger partial charge in [-0.2, -0.15) is 5.56 Å². The molecule has 1 atom stereocenters. The molecule has 1 aliphatic carbocycles. The molecule has 0 saturated heterocycles. The molecule has 16 heavy (non-hydrogen) atoms. The van der Waals surface area contributed by atoms with E-state index in [1.165, 1.54) is 11.1 Å². The Kier molecular flexibility index (Phi) is 6.80. The average Bonchev–Trinajstić information content (AvgIpc) is 2.62. The van der Waals surface area contributed by atoms with E-state index in [4.69, 9.17) is 27.9 Å². The Labute approximate surface area is 114 Å². The molecule has 0 bridgehead atoms. The zero-order chi connectivity index (χ0) is 12.0. The summed E-state index contributed by atoms with van der Waals surface area (Å²) in [5.41, 5.74) is 2.70. The molecule has 0 spiro atoms. The molecule has 0 saturated carbocycles. The van der Waals surface area contributed by atoms with Crippen molar-refractivity contribution in [1.82, 2.24) is 0 Å². The van der Waals surface area contributed by atoms with E-state index in [1.54, 1.807) is 0 Å². The minimum absolute atomic E-state index is 0.443. The molecule has 0 N–H and O–H groups in total. The van der Waals surface area contributed by atoms with Gasteiger partial charge in [-0.15, -0.1) is 18.2 Å². The standard InChI is InChI=1S/C12H11.3ClH.Ti/c1-2-5-10-8-9-11-6-3-4-7-12(10)11;;;;/h2-4,6-7,9-10H,1,5H2;3*1H;/q-1;;;;+4/p-3. The summed E-state index contributed by atoms with van der Waals surface area (Å²) in [4.78, 5) is 0. The number of rotatable bonds is 2. The van der Waals surface area contributed by atoms with Crippen molar-refractivity contribution in [3.05, 3.63) is 54.1 Å². The number of halogens is 3. The molecule has 2 rings (SSSR count). The van der Waals surface area contributed by atoms with Crippen LogP contribution < -0.4 is 0 Å². The molecule has 0 nitrogen and oxygen atoms in total. The zero-order valence-electron chi connectivity index (χ0n) is 8.59. The van der Waals surface area contributed by atoms with E-state index in [0.717, 1.165) is 6.42 Å². The molecule has 1 aromatic carbocycles. The van der Waals surface area contributed by atoms with Crippen molar-refractivity contribution in [3.8, 4) is 0 Å². The van der Waals surface area contributed by atoms with Gasteiger partial charge >= 0.3 is 42.6 Å². The minimum atomic E-state index is -1.92. The SMILES string of the molecule is C=CCC1[C-]=Cc2ccccc21.[Cl][Ti+]([Cl])[Cl]. The summed E-state index contributed by atoms with van der Waals surface area (Å²) in [5, 5.41) is 0. The zero-order valence-corrected chi connectivity index (χ0v) is 12.4. The van der Waals surface area contributed by atoms with Crippen LogP contribution >= 0.6 is 27.9 Å². The van der Waals surface area contributed by atoms with Crippen LogP contribution in [-0.2, 0) is 14.7 Å². The number of fused-ring (bicyclic) bond motifs is 1. The summed E-state index contributed by atoms with van der Waals surface area (Å²) >= 11 is -1.92. The fourth-order valence-electron chi connectivity index (χ4n) is 1.60. The van der Waals surface area contributed by atoms with Crippen LogP contribution in [0.4, 0.5) is 0 Å². The molecule has 1 aliphatic rings. The molecule has 1 unspecified atom stereocenters. The summed E-state index contributed by atoms with van der Waals surface area (Å²) in [6.07, 6.45) is 8.35. The van der Waals surface area contributed by atoms with Crippen molar-refractivity contribution >= 4 is 34.0 Å². The second kappa shape index (κ2) is 7.58. The monoisotopic (exact) mass is 308 g/mol. The van der Waals surface area contributed by atoms with Crippen LogP contribution in [0, 0.1) is 6.08 Å². The molecule has 0 aliphatic heterocycles. The van der Waals surface area contributed by atoms with E-state index in [2.05, 4.69) is 43.0 Å². The van der Waals surface area contributed by atoms with Crippen molar-refractivity contribution in [2.75, 3.05) is 0 Å². The summed E-state index contributed by atoms with van der Waals surface area (Å²) in [6, 6.07) is 8.44. The van der Waals surface area contributed by atoms with Crippen LogP contribution in [0.5, 0.6) is 0 Å². The van der Waals surface area contributed by atoms with E-state index >= 15 is 0 Å². The van der Waals surface area contributed by atoms with Gasteiger partial charge in [-0.25, -0.2) is 6.08 Å². The van der Waals surface area contributed by atoms with Crippen LogP contribution in [0.2, 0.25) is 0 Å². The van der Waals surface area contributed by atoms with Gasteiger partial charge in [0.2, 0.25) is 0 Å². The average molecular weight is 309 g/mol. The number of hydrogen-bond donors (Lipinski definition) is 0. The summed E-state index contributed by atoms with van der Waals surface area (Å²) in [5.74, 6) is 0.443. The molecule has 0 amide bonds. The molecule has 0 fully saturated rings. The van der Waals surface area contributed by atoms with E-state index < -0.39 is 14.7 Å². The summed E-state index contributed by atoms with van der Waals surface area (Å²) in [6.45, 7) is 3.74. The maximum atomic E-state index is 4.97. The maximum absolute atomic E-state index is 4.97. The first-order valence-corrected chi connectivity index (χ1v) is 11.2. The third-order valence-corrected chi connectivity index (χ3v) is 2.21. The van der Waals surface area contributed by atoms with Crippen molar-refractivity contribution in [3.63, 3.8) is 0 Å². The third kappa shape index (κ3) is 4.65. The Morgan fingerprint density at radius 3 is 2.56 bits per heavy atom. The molecule has 0 heterocycles. The van der Waals surface area contributed by atoms with Gasteiger partial charge in [0.1, 0.15) is 0 Å². The molecule has 4 heteroatoms. The predicted molar refractivity (Wildman–Crippen MR) is 69.3 cm³/mol. The first-order valence-electron chi connectivity index (χ1n) is 4.77. The Bertz CT molecular complexity index is 372. The molecular weight excluding hydrogens is 298 g/mol. The molecule has 1 aromatic rings. The van der Waals surface area contributed by atoms with Gasteiger partial charge in [0.25, 0.3) is 0 Å². The van der Waals surface area contributed by atoms with Crippen LogP contribution in [0.3, 0.4) is 0 Å². The van der Waals surface area contributed by atoms with Gasteiger partial charge in [0.05, 0.1) is 0 Å². The van der Waals surface area contributed by atoms with Crippen LogP contribution in [-0.4, -0.2) is 0 Å². The van der Waals surface area contributed by atoms with Crippen LogP contribution in [0.25, 0.3) is 6.08 Å². The van der Waals surface area contributed by atoms with Crippen molar-refractivity contribution < 1.29 is 14.7 Å². The van der Waals surface area contributed by atoms with Gasteiger partial charge in [-0.1, -0.05) is 30.2 Å². The third-order valence-electron chi connectivity index (χ3n) is 2.21. The quantitative estimate of drug-likeness (QED) is 0.398. The second-order valence-electron chi connectivity index (χ2n) is 3.23. The van der Waals surface area contributed by atoms with Crippen LogP contribution in [0.15, 0.2) is 36.9 Å². The Balaban J connectivity index is 0.000000280. The van der Waals surface area contributed by atoms with Gasteiger partial charge in [0, 0.05) is 0 Å². The molecule has 84 valence electrons. The first-order chi connectivity index (χ1) is 7.65. The summed E-state index contributed by atoms with van der Waals surface area (Å²) < 4.78 is 0. The van der Waals surface area contributed by atoms with E-state index in [-0.39, 0.29) is 0 Å². The number of benzene rings is 1. The fourth-order valence-corrected chi connectivity index (χ4v) is 1.60. The van der Waals surface area contributed by atoms with Crippen molar-refractivity contribution in [2.45, 2.75) is 12.3 Å². The Hall–Kier alpha value is 0.284. The van der Waals surface area contributed by atoms with E-state index in [0.29, 0.717) is 5.92 Å². The number of hydrogen-bond acceptors (Lipinski definition) is 0. The van der Waals surface area contributed by atoms with Crippen molar-refractivity contribution in [2.24, 2.45) is 0 Å². The second-order valence-corrected chi connectivity index (χ2v) is 11.0. The van der Waals surface area contributed by atoms with Crippen molar-refractivity contribution in [1.29, 1.82) is 0 Å². The molecule has 0 radical (unpaired) electrons. The topological polar surface area (TPSA) is 0 Å².